The Balaban J connectivity index is 0.00000392. The first kappa shape index (κ1) is 24.9. The molecule has 0 heterocycles. The Hall–Kier alpha value is -1.09. The first-order chi connectivity index (χ1) is 13.2. The van der Waals surface area contributed by atoms with E-state index in [-0.39, 0.29) is 29.8 Å². The van der Waals surface area contributed by atoms with Crippen LogP contribution in [0, 0.1) is 11.2 Å². The lowest BCUT2D eigenvalue weighted by molar-refractivity contribution is 0.138. The normalized spacial score (nSPS) is 15.8. The van der Waals surface area contributed by atoms with E-state index in [2.05, 4.69) is 15.6 Å². The highest BCUT2D eigenvalue weighted by atomic mass is 127. The molecule has 2 N–H and O–H groups in total. The summed E-state index contributed by atoms with van der Waals surface area (Å²) < 4.78 is 23.8. The Morgan fingerprint density at radius 1 is 1.11 bits per heavy atom. The molecule has 1 aliphatic carbocycles. The Labute approximate surface area is 185 Å². The summed E-state index contributed by atoms with van der Waals surface area (Å²) in [6.45, 7) is 3.24. The van der Waals surface area contributed by atoms with Gasteiger partial charge in [0.1, 0.15) is 11.6 Å². The van der Waals surface area contributed by atoms with Crippen LogP contribution in [-0.2, 0) is 4.74 Å². The summed E-state index contributed by atoms with van der Waals surface area (Å²) in [5, 5.41) is 6.88. The van der Waals surface area contributed by atoms with Crippen molar-refractivity contribution in [3.63, 3.8) is 0 Å². The van der Waals surface area contributed by atoms with Gasteiger partial charge in [-0.25, -0.2) is 4.39 Å². The van der Waals surface area contributed by atoms with Crippen molar-refractivity contribution in [1.82, 2.24) is 10.6 Å². The zero-order chi connectivity index (χ0) is 19.4. The molecule has 0 radical (unpaired) electrons. The van der Waals surface area contributed by atoms with Crippen LogP contribution in [0.3, 0.4) is 0 Å². The summed E-state index contributed by atoms with van der Waals surface area (Å²) >= 11 is 0. The van der Waals surface area contributed by atoms with Crippen LogP contribution in [0.1, 0.15) is 44.9 Å². The summed E-state index contributed by atoms with van der Waals surface area (Å²) in [4.78, 5) is 4.33. The van der Waals surface area contributed by atoms with Crippen molar-refractivity contribution in [3.05, 3.63) is 30.1 Å². The maximum absolute atomic E-state index is 12.8. The predicted molar refractivity (Wildman–Crippen MR) is 123 cm³/mol. The number of rotatable bonds is 11. The van der Waals surface area contributed by atoms with Crippen molar-refractivity contribution in [2.24, 2.45) is 10.4 Å². The summed E-state index contributed by atoms with van der Waals surface area (Å²) in [7, 11) is 3.58. The van der Waals surface area contributed by atoms with Crippen LogP contribution in [0.25, 0.3) is 0 Å². The number of nitrogens with one attached hydrogen (secondary N) is 2. The molecule has 2 rings (SSSR count). The van der Waals surface area contributed by atoms with Gasteiger partial charge in [-0.2, -0.15) is 0 Å². The van der Waals surface area contributed by atoms with Gasteiger partial charge in [-0.05, 0) is 61.8 Å². The zero-order valence-electron chi connectivity index (χ0n) is 17.1. The standard InChI is InChI=1S/C21H34FN3O2.HI/c1-23-20(25-17-21(13-16-26-2)11-3-4-12-21)24-14-5-6-15-27-19-9-7-18(22)8-10-19;/h7-10H,3-6,11-17H2,1-2H3,(H2,23,24,25);1H. The molecule has 28 heavy (non-hydrogen) atoms. The van der Waals surface area contributed by atoms with Gasteiger partial charge in [-0.1, -0.05) is 12.8 Å². The second-order valence-electron chi connectivity index (χ2n) is 7.31. The lowest BCUT2D eigenvalue weighted by atomic mass is 9.83. The quantitative estimate of drug-likeness (QED) is 0.202. The number of benzene rings is 1. The maximum Gasteiger partial charge on any atom is 0.190 e. The van der Waals surface area contributed by atoms with E-state index < -0.39 is 0 Å². The third-order valence-electron chi connectivity index (χ3n) is 5.30. The number of guanidine groups is 1. The van der Waals surface area contributed by atoms with Crippen LogP contribution < -0.4 is 15.4 Å². The molecule has 0 spiro atoms. The molecule has 0 saturated heterocycles. The van der Waals surface area contributed by atoms with E-state index in [9.17, 15) is 4.39 Å². The monoisotopic (exact) mass is 507 g/mol. The number of hydrogen-bond donors (Lipinski definition) is 2. The fourth-order valence-electron chi connectivity index (χ4n) is 3.61. The molecule has 7 heteroatoms. The van der Waals surface area contributed by atoms with Crippen LogP contribution in [-0.4, -0.2) is 46.4 Å². The molecular formula is C21H35FIN3O2. The van der Waals surface area contributed by atoms with Gasteiger partial charge in [0.2, 0.25) is 0 Å². The number of halogens is 2. The van der Waals surface area contributed by atoms with E-state index >= 15 is 0 Å². The van der Waals surface area contributed by atoms with Crippen LogP contribution in [0.2, 0.25) is 0 Å². The molecule has 5 nitrogen and oxygen atoms in total. The van der Waals surface area contributed by atoms with Crippen LogP contribution in [0.4, 0.5) is 4.39 Å². The van der Waals surface area contributed by atoms with Gasteiger partial charge in [0.15, 0.2) is 5.96 Å². The summed E-state index contributed by atoms with van der Waals surface area (Å²) in [5.74, 6) is 1.32. The first-order valence-electron chi connectivity index (χ1n) is 9.99. The largest absolute Gasteiger partial charge is 0.494 e. The number of methoxy groups -OCH3 is 1. The Morgan fingerprint density at radius 2 is 1.82 bits per heavy atom. The molecule has 0 atom stereocenters. The van der Waals surface area contributed by atoms with Gasteiger partial charge in [0.25, 0.3) is 0 Å². The lowest BCUT2D eigenvalue weighted by Crippen LogP contribution is -2.43. The molecule has 160 valence electrons. The minimum atomic E-state index is -0.243. The molecule has 1 aliphatic rings. The Kier molecular flexibility index (Phi) is 12.5. The van der Waals surface area contributed by atoms with Crippen LogP contribution in [0.5, 0.6) is 5.75 Å². The highest BCUT2D eigenvalue weighted by molar-refractivity contribution is 14.0. The van der Waals surface area contributed by atoms with E-state index in [1.165, 1.54) is 37.8 Å². The maximum atomic E-state index is 12.8. The van der Waals surface area contributed by atoms with Gasteiger partial charge in [0.05, 0.1) is 6.61 Å². The second kappa shape index (κ2) is 14.0. The van der Waals surface area contributed by atoms with E-state index in [1.54, 1.807) is 19.2 Å². The molecule has 1 aromatic carbocycles. The van der Waals surface area contributed by atoms with Crippen molar-refractivity contribution < 1.29 is 13.9 Å². The van der Waals surface area contributed by atoms with Crippen LogP contribution in [0.15, 0.2) is 29.3 Å². The Bertz CT molecular complexity index is 563. The van der Waals surface area contributed by atoms with Crippen molar-refractivity contribution in [1.29, 1.82) is 0 Å². The Morgan fingerprint density at radius 3 is 2.46 bits per heavy atom. The van der Waals surface area contributed by atoms with E-state index in [0.29, 0.717) is 17.8 Å². The molecule has 1 saturated carbocycles. The average molecular weight is 507 g/mol. The van der Waals surface area contributed by atoms with E-state index in [1.807, 2.05) is 7.05 Å². The van der Waals surface area contributed by atoms with Crippen molar-refractivity contribution in [3.8, 4) is 5.75 Å². The molecule has 0 amide bonds. The third kappa shape index (κ3) is 8.94. The number of ether oxygens (including phenoxy) is 2. The fraction of sp³-hybridized carbons (Fsp3) is 0.667. The molecule has 1 aromatic rings. The SMILES string of the molecule is CN=C(NCCCCOc1ccc(F)cc1)NCC1(CCOC)CCCC1.I. The van der Waals surface area contributed by atoms with Gasteiger partial charge in [-0.15, -0.1) is 24.0 Å². The van der Waals surface area contributed by atoms with Gasteiger partial charge >= 0.3 is 0 Å². The van der Waals surface area contributed by atoms with Crippen molar-refractivity contribution in [2.45, 2.75) is 44.9 Å². The highest BCUT2D eigenvalue weighted by Crippen LogP contribution is 2.40. The van der Waals surface area contributed by atoms with E-state index in [0.717, 1.165) is 44.9 Å². The molecule has 0 bridgehead atoms. The molecular weight excluding hydrogens is 472 g/mol. The predicted octanol–water partition coefficient (Wildman–Crippen LogP) is 4.36. The van der Waals surface area contributed by atoms with Crippen molar-refractivity contribution >= 4 is 29.9 Å². The molecule has 0 unspecified atom stereocenters. The third-order valence-corrected chi connectivity index (χ3v) is 5.30. The number of hydrogen-bond acceptors (Lipinski definition) is 3. The number of unbranched alkanes of at least 4 members (excludes halogenated alkanes) is 1. The molecule has 0 aromatic heterocycles. The lowest BCUT2D eigenvalue weighted by Gasteiger charge is -2.30. The summed E-state index contributed by atoms with van der Waals surface area (Å²) in [6.07, 6.45) is 8.17. The van der Waals surface area contributed by atoms with Gasteiger partial charge < -0.3 is 20.1 Å². The minimum Gasteiger partial charge on any atom is -0.494 e. The number of aliphatic imine (C=N–C) groups is 1. The summed E-state index contributed by atoms with van der Waals surface area (Å²) in [5.41, 5.74) is 0.344. The minimum absolute atomic E-state index is 0. The van der Waals surface area contributed by atoms with Gasteiger partial charge in [-0.3, -0.25) is 4.99 Å². The average Bonchev–Trinajstić information content (AvgIpc) is 3.16. The zero-order valence-corrected chi connectivity index (χ0v) is 19.5. The van der Waals surface area contributed by atoms with Gasteiger partial charge in [0, 0.05) is 33.9 Å². The highest BCUT2D eigenvalue weighted by Gasteiger charge is 2.33. The summed E-state index contributed by atoms with van der Waals surface area (Å²) in [6, 6.07) is 6.14. The second-order valence-corrected chi connectivity index (χ2v) is 7.31. The van der Waals surface area contributed by atoms with Crippen molar-refractivity contribution in [2.75, 3.05) is 40.5 Å². The molecule has 1 fully saturated rings. The first-order valence-corrected chi connectivity index (χ1v) is 9.99. The number of nitrogens with zero attached hydrogens (tertiary/aromatic N) is 1. The van der Waals surface area contributed by atoms with E-state index in [4.69, 9.17) is 9.47 Å². The molecule has 0 aliphatic heterocycles. The topological polar surface area (TPSA) is 54.9 Å². The fourth-order valence-corrected chi connectivity index (χ4v) is 3.61. The van der Waals surface area contributed by atoms with Crippen LogP contribution >= 0.6 is 24.0 Å². The smallest absolute Gasteiger partial charge is 0.190 e.